The van der Waals surface area contributed by atoms with Crippen molar-refractivity contribution in [1.29, 1.82) is 10.5 Å². The van der Waals surface area contributed by atoms with Gasteiger partial charge in [-0.3, -0.25) is 20.4 Å². The summed E-state index contributed by atoms with van der Waals surface area (Å²) in [7, 11) is 0. The fraction of sp³-hybridized carbons (Fsp3) is 0.250. The van der Waals surface area contributed by atoms with Gasteiger partial charge in [0.15, 0.2) is 0 Å². The summed E-state index contributed by atoms with van der Waals surface area (Å²) in [6.07, 6.45) is 0.577. The number of aliphatic hydroxyl groups is 2. The lowest BCUT2D eigenvalue weighted by Crippen LogP contribution is -2.52. The van der Waals surface area contributed by atoms with Crippen LogP contribution in [0.15, 0.2) is 89.3 Å². The molecule has 0 bridgehead atoms. The van der Waals surface area contributed by atoms with E-state index in [1.807, 2.05) is 42.5 Å². The van der Waals surface area contributed by atoms with E-state index >= 15 is 0 Å². The van der Waals surface area contributed by atoms with E-state index in [0.717, 1.165) is 18.8 Å². The number of nitrogens with zero attached hydrogens (tertiary/aromatic N) is 4. The molecule has 1 aromatic heterocycles. The van der Waals surface area contributed by atoms with Crippen molar-refractivity contribution < 1.29 is 29.0 Å². The highest BCUT2D eigenvalue weighted by Gasteiger charge is 2.27. The van der Waals surface area contributed by atoms with Crippen LogP contribution in [0.4, 0.5) is 11.4 Å². The summed E-state index contributed by atoms with van der Waals surface area (Å²) in [4.78, 5) is 24.4. The highest BCUT2D eigenvalue weighted by atomic mass is 35.5. The van der Waals surface area contributed by atoms with E-state index in [9.17, 15) is 19.8 Å². The summed E-state index contributed by atoms with van der Waals surface area (Å²) in [5.41, 5.74) is 6.81. The highest BCUT2D eigenvalue weighted by molar-refractivity contribution is 6.45. The van der Waals surface area contributed by atoms with Gasteiger partial charge in [-0.15, -0.1) is 10.2 Å². The molecule has 0 saturated carbocycles. The molecule has 6 N–H and O–H groups in total. The van der Waals surface area contributed by atoms with Gasteiger partial charge < -0.3 is 30.0 Å². The Bertz CT molecular complexity index is 2220. The summed E-state index contributed by atoms with van der Waals surface area (Å²) in [5, 5.41) is 52.3. The zero-order valence-electron chi connectivity index (χ0n) is 31.0. The molecule has 4 aromatic carbocycles. The van der Waals surface area contributed by atoms with Gasteiger partial charge in [0, 0.05) is 24.3 Å². The van der Waals surface area contributed by atoms with E-state index in [2.05, 4.69) is 31.7 Å². The Kier molecular flexibility index (Phi) is 17.6. The summed E-state index contributed by atoms with van der Waals surface area (Å²) in [6, 6.07) is 25.7. The smallest absolute Gasteiger partial charge is 0.269 e. The van der Waals surface area contributed by atoms with Crippen molar-refractivity contribution in [2.75, 3.05) is 23.8 Å². The summed E-state index contributed by atoms with van der Waals surface area (Å²) in [6.45, 7) is 4.98. The number of aliphatic hydroxyl groups excluding tert-OH is 2. The van der Waals surface area contributed by atoms with Crippen LogP contribution in [0.3, 0.4) is 0 Å². The number of amides is 2. The van der Waals surface area contributed by atoms with Crippen LogP contribution in [0.1, 0.15) is 60.1 Å². The molecule has 0 spiro atoms. The Morgan fingerprint density at radius 3 is 1.72 bits per heavy atom. The fourth-order valence-corrected chi connectivity index (χ4v) is 5.90. The molecule has 1 fully saturated rings. The minimum atomic E-state index is -1.14. The van der Waals surface area contributed by atoms with Crippen molar-refractivity contribution in [2.24, 2.45) is 0 Å². The number of carbonyl (C=O) groups excluding carboxylic acids is 2. The number of ether oxygens (including phenoxy) is 1. The molecule has 1 aliphatic heterocycles. The maximum atomic E-state index is 12.4. The van der Waals surface area contributed by atoms with Crippen molar-refractivity contribution in [3.8, 4) is 23.6 Å². The molecule has 0 radical (unpaired) electrons. The SMILES string of the molecule is C1CCOC1.C[C@H](O)[C@@H](Nc1ccc(C#N)c(Cl)c1Cl)C(=O)NNC(=O)c1ccccc1.C[C@H](O)[C@@H](Nc1ccc(C#N)c(Cl)c1Cl)c1nnc(-c2ccccc2)o1. The molecule has 6 rings (SSSR count). The number of hydrogen-bond acceptors (Lipinski definition) is 12. The zero-order valence-corrected chi connectivity index (χ0v) is 34.1. The molecular formula is C40H38Cl4N8O6. The van der Waals surface area contributed by atoms with Crippen LogP contribution in [0.2, 0.25) is 20.1 Å². The number of carbonyl (C=O) groups is 2. The topological polar surface area (TPSA) is 218 Å². The predicted octanol–water partition coefficient (Wildman–Crippen LogP) is 7.73. The third kappa shape index (κ3) is 12.5. The molecule has 2 amide bonds. The number of rotatable bonds is 10. The van der Waals surface area contributed by atoms with Crippen LogP contribution in [-0.4, -0.2) is 63.7 Å². The molecule has 302 valence electrons. The second-order valence-electron chi connectivity index (χ2n) is 12.5. The van der Waals surface area contributed by atoms with Crippen LogP contribution in [0, 0.1) is 22.7 Å². The third-order valence-electron chi connectivity index (χ3n) is 8.16. The highest BCUT2D eigenvalue weighted by Crippen LogP contribution is 2.36. The van der Waals surface area contributed by atoms with Gasteiger partial charge in [0.1, 0.15) is 24.2 Å². The monoisotopic (exact) mass is 866 g/mol. The Morgan fingerprint density at radius 2 is 1.24 bits per heavy atom. The molecule has 0 aliphatic carbocycles. The van der Waals surface area contributed by atoms with Crippen LogP contribution in [0.25, 0.3) is 11.5 Å². The van der Waals surface area contributed by atoms with Crippen molar-refractivity contribution in [1.82, 2.24) is 21.0 Å². The quantitative estimate of drug-likeness (QED) is 0.0743. The van der Waals surface area contributed by atoms with Crippen molar-refractivity contribution in [3.05, 3.63) is 128 Å². The minimum Gasteiger partial charge on any atom is -0.418 e. The normalized spacial score (nSPS) is 13.7. The lowest BCUT2D eigenvalue weighted by molar-refractivity contribution is -0.124. The number of anilines is 2. The molecule has 5 aromatic rings. The van der Waals surface area contributed by atoms with Gasteiger partial charge in [-0.05, 0) is 75.2 Å². The Balaban J connectivity index is 0.000000228. The number of halogens is 4. The number of nitrogens with one attached hydrogen (secondary N) is 4. The first kappa shape index (κ1) is 45.3. The average molecular weight is 869 g/mol. The van der Waals surface area contributed by atoms with E-state index in [0.29, 0.717) is 17.1 Å². The van der Waals surface area contributed by atoms with Crippen LogP contribution in [0.5, 0.6) is 0 Å². The van der Waals surface area contributed by atoms with E-state index in [-0.39, 0.29) is 42.8 Å². The predicted molar refractivity (Wildman–Crippen MR) is 221 cm³/mol. The molecule has 58 heavy (non-hydrogen) atoms. The standard InChI is InChI=1S/C18H16Cl2N4O3.C18H14Cl2N4O2.C4H8O/c1-10(25)16(22-13-8-7-12(9-21)14(19)15(13)20)18(27)24-23-17(26)11-5-3-2-4-6-11;1-10(25)16(22-13-8-7-12(9-21)14(19)15(13)20)18-24-23-17(26-18)11-5-3-2-4-6-11;1-2-4-5-3-1/h2-8,10,16,22,25H,1H3,(H,23,26)(H,24,27);2-8,10,16,22,25H,1H3;1-4H2/t2*10-,16+;/m00./s1. The van der Waals surface area contributed by atoms with Gasteiger partial charge in [0.25, 0.3) is 11.8 Å². The number of aromatic nitrogens is 2. The maximum Gasteiger partial charge on any atom is 0.269 e. The first-order valence-corrected chi connectivity index (χ1v) is 19.1. The van der Waals surface area contributed by atoms with Crippen LogP contribution < -0.4 is 21.5 Å². The third-order valence-corrected chi connectivity index (χ3v) is 9.93. The number of nitriles is 2. The second-order valence-corrected chi connectivity index (χ2v) is 14.0. The lowest BCUT2D eigenvalue weighted by Gasteiger charge is -2.23. The van der Waals surface area contributed by atoms with E-state index < -0.39 is 36.1 Å². The van der Waals surface area contributed by atoms with Gasteiger partial charge in [-0.1, -0.05) is 82.8 Å². The van der Waals surface area contributed by atoms with Crippen molar-refractivity contribution >= 4 is 69.6 Å². The molecule has 0 unspecified atom stereocenters. The molecule has 2 heterocycles. The molecule has 18 heteroatoms. The van der Waals surface area contributed by atoms with Crippen LogP contribution >= 0.6 is 46.4 Å². The minimum absolute atomic E-state index is 0.0336. The fourth-order valence-electron chi connectivity index (χ4n) is 5.05. The Hall–Kier alpha value is -5.42. The lowest BCUT2D eigenvalue weighted by atomic mass is 10.1. The van der Waals surface area contributed by atoms with E-state index in [1.165, 1.54) is 31.9 Å². The summed E-state index contributed by atoms with van der Waals surface area (Å²) in [5.74, 6) is -0.647. The van der Waals surface area contributed by atoms with E-state index in [1.54, 1.807) is 49.4 Å². The van der Waals surface area contributed by atoms with Gasteiger partial charge in [-0.25, -0.2) is 0 Å². The Morgan fingerprint density at radius 1 is 0.707 bits per heavy atom. The molecule has 1 aliphatic rings. The molecular weight excluding hydrogens is 830 g/mol. The van der Waals surface area contributed by atoms with Crippen LogP contribution in [-0.2, 0) is 9.53 Å². The molecule has 1 saturated heterocycles. The van der Waals surface area contributed by atoms with Gasteiger partial charge in [0.2, 0.25) is 11.8 Å². The number of hydrazine groups is 1. The zero-order chi connectivity index (χ0) is 42.2. The largest absolute Gasteiger partial charge is 0.418 e. The van der Waals surface area contributed by atoms with E-state index in [4.69, 9.17) is 66.1 Å². The van der Waals surface area contributed by atoms with Gasteiger partial charge in [-0.2, -0.15) is 10.5 Å². The molecule has 4 atom stereocenters. The summed E-state index contributed by atoms with van der Waals surface area (Å²) < 4.78 is 10.7. The summed E-state index contributed by atoms with van der Waals surface area (Å²) >= 11 is 24.4. The van der Waals surface area contributed by atoms with Crippen molar-refractivity contribution in [2.45, 2.75) is 51.0 Å². The Labute approximate surface area is 354 Å². The van der Waals surface area contributed by atoms with Gasteiger partial charge in [0.05, 0.1) is 54.8 Å². The molecule has 14 nitrogen and oxygen atoms in total. The average Bonchev–Trinajstić information content (AvgIpc) is 3.99. The first-order chi connectivity index (χ1) is 27.9. The van der Waals surface area contributed by atoms with Gasteiger partial charge >= 0.3 is 0 Å². The first-order valence-electron chi connectivity index (χ1n) is 17.6. The maximum absolute atomic E-state index is 12.4. The number of hydrogen-bond donors (Lipinski definition) is 6. The van der Waals surface area contributed by atoms with Crippen molar-refractivity contribution in [3.63, 3.8) is 0 Å². The number of benzene rings is 4. The second kappa shape index (κ2) is 22.5.